The molecule has 0 aliphatic carbocycles. The number of hydrogen-bond donors (Lipinski definition) is 1. The van der Waals surface area contributed by atoms with Gasteiger partial charge in [0.05, 0.1) is 4.83 Å². The number of nitrogens with zero attached hydrogens (tertiary/aromatic N) is 1. The zero-order valence-electron chi connectivity index (χ0n) is 6.62. The first-order chi connectivity index (χ1) is 5.70. The van der Waals surface area contributed by atoms with Gasteiger partial charge in [-0.1, -0.05) is 22.0 Å². The fourth-order valence-electron chi connectivity index (χ4n) is 0.662. The Bertz CT molecular complexity index is 261. The largest absolute Gasteiger partial charge is 0.310 e. The van der Waals surface area contributed by atoms with E-state index in [0.717, 1.165) is 0 Å². The quantitative estimate of drug-likeness (QED) is 0.785. The molecule has 0 fully saturated rings. The van der Waals surface area contributed by atoms with Crippen LogP contribution in [0.4, 0.5) is 5.82 Å². The van der Waals surface area contributed by atoms with Crippen LogP contribution in [-0.4, -0.2) is 15.7 Å². The molecule has 4 heteroatoms. The molecule has 1 heterocycles. The minimum Gasteiger partial charge on any atom is -0.310 e. The van der Waals surface area contributed by atoms with Crippen molar-refractivity contribution in [1.82, 2.24) is 4.98 Å². The Morgan fingerprint density at radius 1 is 1.67 bits per heavy atom. The van der Waals surface area contributed by atoms with Gasteiger partial charge < -0.3 is 5.32 Å². The van der Waals surface area contributed by atoms with Gasteiger partial charge >= 0.3 is 0 Å². The Morgan fingerprint density at radius 2 is 2.42 bits per heavy atom. The third-order valence-corrected chi connectivity index (χ3v) is 1.69. The molecule has 1 unspecified atom stereocenters. The van der Waals surface area contributed by atoms with Gasteiger partial charge in [-0.2, -0.15) is 0 Å². The Kier molecular flexibility index (Phi) is 3.22. The van der Waals surface area contributed by atoms with Crippen molar-refractivity contribution in [3.8, 4) is 0 Å². The first kappa shape index (κ1) is 9.19. The van der Waals surface area contributed by atoms with Crippen molar-refractivity contribution in [1.29, 1.82) is 0 Å². The van der Waals surface area contributed by atoms with E-state index in [1.807, 2.05) is 6.07 Å². The molecule has 0 saturated carbocycles. The summed E-state index contributed by atoms with van der Waals surface area (Å²) in [6.45, 7) is 1.76. The number of amides is 1. The van der Waals surface area contributed by atoms with E-state index in [1.165, 1.54) is 0 Å². The summed E-state index contributed by atoms with van der Waals surface area (Å²) in [6.07, 6.45) is 1.63. The van der Waals surface area contributed by atoms with E-state index in [2.05, 4.69) is 26.2 Å². The van der Waals surface area contributed by atoms with Crippen molar-refractivity contribution in [2.24, 2.45) is 0 Å². The van der Waals surface area contributed by atoms with Crippen LogP contribution in [0.3, 0.4) is 0 Å². The summed E-state index contributed by atoms with van der Waals surface area (Å²) in [5, 5.41) is 2.64. The fraction of sp³-hybridized carbons (Fsp3) is 0.250. The van der Waals surface area contributed by atoms with Crippen LogP contribution in [0.2, 0.25) is 0 Å². The summed E-state index contributed by atoms with van der Waals surface area (Å²) >= 11 is 3.16. The van der Waals surface area contributed by atoms with Gasteiger partial charge in [0.2, 0.25) is 5.91 Å². The Morgan fingerprint density at radius 3 is 2.92 bits per heavy atom. The Balaban J connectivity index is 2.59. The SMILES string of the molecule is CC(Br)C(=O)Nc1ccccn1. The molecule has 0 aliphatic rings. The van der Waals surface area contributed by atoms with E-state index in [-0.39, 0.29) is 10.7 Å². The van der Waals surface area contributed by atoms with Gasteiger partial charge in [0.15, 0.2) is 0 Å². The number of rotatable bonds is 2. The number of alkyl halides is 1. The monoisotopic (exact) mass is 228 g/mol. The van der Waals surface area contributed by atoms with Crippen LogP contribution in [0.15, 0.2) is 24.4 Å². The fourth-order valence-corrected chi connectivity index (χ4v) is 0.777. The van der Waals surface area contributed by atoms with E-state index in [4.69, 9.17) is 0 Å². The first-order valence-electron chi connectivity index (χ1n) is 3.56. The molecule has 0 radical (unpaired) electrons. The van der Waals surface area contributed by atoms with Crippen LogP contribution in [-0.2, 0) is 4.79 Å². The maximum atomic E-state index is 11.1. The molecule has 1 aromatic heterocycles. The summed E-state index contributed by atoms with van der Waals surface area (Å²) in [6, 6.07) is 5.36. The van der Waals surface area contributed by atoms with Crippen molar-refractivity contribution in [3.63, 3.8) is 0 Å². The van der Waals surface area contributed by atoms with Gasteiger partial charge in [-0.25, -0.2) is 4.98 Å². The van der Waals surface area contributed by atoms with Gasteiger partial charge in [0, 0.05) is 6.20 Å². The zero-order chi connectivity index (χ0) is 8.97. The number of anilines is 1. The highest BCUT2D eigenvalue weighted by atomic mass is 79.9. The lowest BCUT2D eigenvalue weighted by Gasteiger charge is -2.04. The third kappa shape index (κ3) is 2.62. The molecule has 0 aliphatic heterocycles. The van der Waals surface area contributed by atoms with Crippen LogP contribution in [0.5, 0.6) is 0 Å². The number of carbonyl (C=O) groups excluding carboxylic acids is 1. The van der Waals surface area contributed by atoms with E-state index >= 15 is 0 Å². The molecule has 0 aromatic carbocycles. The minimum atomic E-state index is -0.195. The van der Waals surface area contributed by atoms with Crippen LogP contribution in [0, 0.1) is 0 Å². The van der Waals surface area contributed by atoms with Gasteiger partial charge in [0.25, 0.3) is 0 Å². The van der Waals surface area contributed by atoms with Gasteiger partial charge in [-0.15, -0.1) is 0 Å². The molecule has 64 valence electrons. The Labute approximate surface area is 79.3 Å². The lowest BCUT2D eigenvalue weighted by Crippen LogP contribution is -2.20. The summed E-state index contributed by atoms with van der Waals surface area (Å²) in [5.41, 5.74) is 0. The number of pyridine rings is 1. The maximum Gasteiger partial charge on any atom is 0.239 e. The molecule has 0 bridgehead atoms. The molecule has 1 aromatic rings. The number of hydrogen-bond acceptors (Lipinski definition) is 2. The molecule has 0 spiro atoms. The molecule has 1 atom stereocenters. The smallest absolute Gasteiger partial charge is 0.239 e. The van der Waals surface area contributed by atoms with Gasteiger partial charge in [-0.3, -0.25) is 4.79 Å². The second kappa shape index (κ2) is 4.21. The highest BCUT2D eigenvalue weighted by Crippen LogP contribution is 2.04. The number of nitrogens with one attached hydrogen (secondary N) is 1. The van der Waals surface area contributed by atoms with Crippen molar-refractivity contribution in [2.75, 3.05) is 5.32 Å². The third-order valence-electron chi connectivity index (χ3n) is 1.28. The predicted molar refractivity (Wildman–Crippen MR) is 51.3 cm³/mol. The first-order valence-corrected chi connectivity index (χ1v) is 4.47. The number of carbonyl (C=O) groups is 1. The van der Waals surface area contributed by atoms with Gasteiger partial charge in [-0.05, 0) is 19.1 Å². The minimum absolute atomic E-state index is 0.0892. The van der Waals surface area contributed by atoms with Crippen molar-refractivity contribution < 1.29 is 4.79 Å². The average molecular weight is 229 g/mol. The molecule has 0 saturated heterocycles. The summed E-state index contributed by atoms with van der Waals surface area (Å²) in [4.78, 5) is 14.9. The summed E-state index contributed by atoms with van der Waals surface area (Å²) < 4.78 is 0. The molecular weight excluding hydrogens is 220 g/mol. The average Bonchev–Trinajstić information content (AvgIpc) is 2.06. The predicted octanol–water partition coefficient (Wildman–Crippen LogP) is 1.80. The number of halogens is 1. The highest BCUT2D eigenvalue weighted by Gasteiger charge is 2.07. The number of aromatic nitrogens is 1. The van der Waals surface area contributed by atoms with Crippen LogP contribution >= 0.6 is 15.9 Å². The Hall–Kier alpha value is -0.900. The van der Waals surface area contributed by atoms with Crippen molar-refractivity contribution >= 4 is 27.7 Å². The maximum absolute atomic E-state index is 11.1. The molecule has 1 rings (SSSR count). The van der Waals surface area contributed by atoms with E-state index < -0.39 is 0 Å². The van der Waals surface area contributed by atoms with Crippen molar-refractivity contribution in [3.05, 3.63) is 24.4 Å². The van der Waals surface area contributed by atoms with Crippen LogP contribution < -0.4 is 5.32 Å². The van der Waals surface area contributed by atoms with Crippen molar-refractivity contribution in [2.45, 2.75) is 11.8 Å². The normalized spacial score (nSPS) is 12.2. The second-order valence-electron chi connectivity index (χ2n) is 2.32. The molecule has 1 N–H and O–H groups in total. The molecule has 3 nitrogen and oxygen atoms in total. The molecular formula is C8H9BrN2O. The van der Waals surface area contributed by atoms with E-state index in [9.17, 15) is 4.79 Å². The van der Waals surface area contributed by atoms with E-state index in [0.29, 0.717) is 5.82 Å². The highest BCUT2D eigenvalue weighted by molar-refractivity contribution is 9.10. The van der Waals surface area contributed by atoms with Gasteiger partial charge in [0.1, 0.15) is 5.82 Å². The lowest BCUT2D eigenvalue weighted by atomic mass is 10.4. The summed E-state index contributed by atoms with van der Waals surface area (Å²) in [5.74, 6) is 0.488. The van der Waals surface area contributed by atoms with E-state index in [1.54, 1.807) is 25.3 Å². The topological polar surface area (TPSA) is 42.0 Å². The zero-order valence-corrected chi connectivity index (χ0v) is 8.21. The lowest BCUT2D eigenvalue weighted by molar-refractivity contribution is -0.115. The van der Waals surface area contributed by atoms with Crippen LogP contribution in [0.25, 0.3) is 0 Å². The molecule has 12 heavy (non-hydrogen) atoms. The summed E-state index contributed by atoms with van der Waals surface area (Å²) in [7, 11) is 0. The standard InChI is InChI=1S/C8H9BrN2O/c1-6(9)8(12)11-7-4-2-3-5-10-7/h2-6H,1H3,(H,10,11,12). The van der Waals surface area contributed by atoms with Crippen LogP contribution in [0.1, 0.15) is 6.92 Å². The second-order valence-corrected chi connectivity index (χ2v) is 3.69. The molecule has 1 amide bonds.